The average molecular weight is 325 g/mol. The van der Waals surface area contributed by atoms with Gasteiger partial charge in [0.15, 0.2) is 0 Å². The van der Waals surface area contributed by atoms with Crippen LogP contribution in [0.1, 0.15) is 34.9 Å². The molecule has 1 N–H and O–H groups in total. The van der Waals surface area contributed by atoms with Crippen molar-refractivity contribution in [3.05, 3.63) is 65.7 Å². The van der Waals surface area contributed by atoms with Gasteiger partial charge in [-0.1, -0.05) is 42.5 Å². The first-order valence-electron chi connectivity index (χ1n) is 8.36. The van der Waals surface area contributed by atoms with E-state index in [1.54, 1.807) is 19.2 Å². The van der Waals surface area contributed by atoms with E-state index in [1.165, 1.54) is 0 Å². The second-order valence-corrected chi connectivity index (χ2v) is 6.19. The fourth-order valence-electron chi connectivity index (χ4n) is 3.33. The summed E-state index contributed by atoms with van der Waals surface area (Å²) in [5, 5.41) is 10.5. The molecule has 2 aromatic rings. The molecule has 1 fully saturated rings. The maximum atomic E-state index is 12.7. The van der Waals surface area contributed by atoms with Crippen molar-refractivity contribution in [2.24, 2.45) is 5.92 Å². The van der Waals surface area contributed by atoms with Crippen LogP contribution in [-0.2, 0) is 0 Å². The summed E-state index contributed by atoms with van der Waals surface area (Å²) < 4.78 is 5.29. The number of carbonyl (C=O) groups excluding carboxylic acids is 1. The van der Waals surface area contributed by atoms with Crippen molar-refractivity contribution in [1.29, 1.82) is 0 Å². The summed E-state index contributed by atoms with van der Waals surface area (Å²) in [6.45, 7) is 1.32. The summed E-state index contributed by atoms with van der Waals surface area (Å²) in [5.74, 6) is 0.795. The molecular formula is C20H23NO3. The summed E-state index contributed by atoms with van der Waals surface area (Å²) in [5.41, 5.74) is 1.55. The maximum Gasteiger partial charge on any atom is 0.257 e. The predicted molar refractivity (Wildman–Crippen MR) is 93.0 cm³/mol. The molecule has 1 heterocycles. The standard InChI is InChI=1S/C20H23NO3/c1-24-18-10-6-5-9-17(18)20(23)21-13-11-16(12-14-21)19(22)15-7-3-2-4-8-15/h2-10,16,19,22H,11-14H2,1H3/t19-/m0/s1. The molecule has 1 aliphatic heterocycles. The zero-order valence-electron chi connectivity index (χ0n) is 13.9. The van der Waals surface area contributed by atoms with Crippen LogP contribution in [0.5, 0.6) is 5.75 Å². The predicted octanol–water partition coefficient (Wildman–Crippen LogP) is 3.28. The van der Waals surface area contributed by atoms with Crippen molar-refractivity contribution in [3.8, 4) is 5.75 Å². The van der Waals surface area contributed by atoms with Gasteiger partial charge in [0.05, 0.1) is 18.8 Å². The lowest BCUT2D eigenvalue weighted by Gasteiger charge is -2.34. The van der Waals surface area contributed by atoms with Crippen LogP contribution < -0.4 is 4.74 Å². The third-order valence-electron chi connectivity index (χ3n) is 4.75. The second kappa shape index (κ2) is 7.49. The second-order valence-electron chi connectivity index (χ2n) is 6.19. The minimum absolute atomic E-state index is 0.0000934. The number of rotatable bonds is 4. The number of methoxy groups -OCH3 is 1. The van der Waals surface area contributed by atoms with Crippen molar-refractivity contribution >= 4 is 5.91 Å². The molecule has 0 radical (unpaired) electrons. The molecule has 1 saturated heterocycles. The Hall–Kier alpha value is -2.33. The van der Waals surface area contributed by atoms with E-state index < -0.39 is 6.10 Å². The number of hydrogen-bond donors (Lipinski definition) is 1. The highest BCUT2D eigenvalue weighted by Crippen LogP contribution is 2.31. The summed E-state index contributed by atoms with van der Waals surface area (Å²) >= 11 is 0. The van der Waals surface area contributed by atoms with E-state index in [0.29, 0.717) is 24.4 Å². The fraction of sp³-hybridized carbons (Fsp3) is 0.350. The van der Waals surface area contributed by atoms with Gasteiger partial charge in [0, 0.05) is 13.1 Å². The van der Waals surface area contributed by atoms with Crippen LogP contribution in [0.25, 0.3) is 0 Å². The Labute approximate surface area is 142 Å². The number of benzene rings is 2. The number of nitrogens with zero attached hydrogens (tertiary/aromatic N) is 1. The lowest BCUT2D eigenvalue weighted by Crippen LogP contribution is -2.39. The normalized spacial score (nSPS) is 16.7. The molecule has 4 nitrogen and oxygen atoms in total. The largest absolute Gasteiger partial charge is 0.496 e. The fourth-order valence-corrected chi connectivity index (χ4v) is 3.33. The molecule has 24 heavy (non-hydrogen) atoms. The number of hydrogen-bond acceptors (Lipinski definition) is 3. The monoisotopic (exact) mass is 325 g/mol. The van der Waals surface area contributed by atoms with Crippen molar-refractivity contribution in [1.82, 2.24) is 4.90 Å². The lowest BCUT2D eigenvalue weighted by molar-refractivity contribution is 0.0460. The number of likely N-dealkylation sites (tertiary alicyclic amines) is 1. The highest BCUT2D eigenvalue weighted by Gasteiger charge is 2.29. The minimum Gasteiger partial charge on any atom is -0.496 e. The summed E-state index contributed by atoms with van der Waals surface area (Å²) in [4.78, 5) is 14.6. The van der Waals surface area contributed by atoms with E-state index in [2.05, 4.69) is 0 Å². The number of aliphatic hydroxyl groups is 1. The van der Waals surface area contributed by atoms with Gasteiger partial charge >= 0.3 is 0 Å². The molecule has 0 unspecified atom stereocenters. The van der Waals surface area contributed by atoms with Gasteiger partial charge in [0.2, 0.25) is 0 Å². The highest BCUT2D eigenvalue weighted by molar-refractivity contribution is 5.97. The Morgan fingerprint density at radius 3 is 2.38 bits per heavy atom. The molecule has 0 aromatic heterocycles. The molecule has 0 aliphatic carbocycles. The molecule has 1 amide bonds. The van der Waals surface area contributed by atoms with Gasteiger partial charge in [-0.25, -0.2) is 0 Å². The van der Waals surface area contributed by atoms with Gasteiger partial charge in [-0.05, 0) is 36.5 Å². The van der Waals surface area contributed by atoms with E-state index in [9.17, 15) is 9.90 Å². The molecule has 2 aromatic carbocycles. The third kappa shape index (κ3) is 3.44. The van der Waals surface area contributed by atoms with Gasteiger partial charge in [0.1, 0.15) is 5.75 Å². The van der Waals surface area contributed by atoms with Crippen LogP contribution in [0, 0.1) is 5.92 Å². The molecule has 0 saturated carbocycles. The van der Waals surface area contributed by atoms with Crippen molar-refractivity contribution in [2.45, 2.75) is 18.9 Å². The van der Waals surface area contributed by atoms with Crippen LogP contribution >= 0.6 is 0 Å². The van der Waals surface area contributed by atoms with E-state index in [0.717, 1.165) is 18.4 Å². The number of aliphatic hydroxyl groups excluding tert-OH is 1. The quantitative estimate of drug-likeness (QED) is 0.938. The SMILES string of the molecule is COc1ccccc1C(=O)N1CCC([C@@H](O)c2ccccc2)CC1. The molecule has 3 rings (SSSR count). The topological polar surface area (TPSA) is 49.8 Å². The Kier molecular flexibility index (Phi) is 5.16. The number of amides is 1. The van der Waals surface area contributed by atoms with Gasteiger partial charge in [-0.2, -0.15) is 0 Å². The maximum absolute atomic E-state index is 12.7. The van der Waals surface area contributed by atoms with Crippen molar-refractivity contribution in [3.63, 3.8) is 0 Å². The van der Waals surface area contributed by atoms with Gasteiger partial charge < -0.3 is 14.7 Å². The summed E-state index contributed by atoms with van der Waals surface area (Å²) in [6.07, 6.45) is 1.14. The molecule has 0 spiro atoms. The first-order chi connectivity index (χ1) is 11.7. The first-order valence-corrected chi connectivity index (χ1v) is 8.36. The Bertz CT molecular complexity index is 678. The van der Waals surface area contributed by atoms with E-state index in [-0.39, 0.29) is 11.8 Å². The number of carbonyl (C=O) groups is 1. The van der Waals surface area contributed by atoms with Crippen molar-refractivity contribution in [2.75, 3.05) is 20.2 Å². The highest BCUT2D eigenvalue weighted by atomic mass is 16.5. The van der Waals surface area contributed by atoms with E-state index in [1.807, 2.05) is 47.4 Å². The van der Waals surface area contributed by atoms with Crippen LogP contribution in [0.3, 0.4) is 0 Å². The van der Waals surface area contributed by atoms with Gasteiger partial charge in [-0.3, -0.25) is 4.79 Å². The van der Waals surface area contributed by atoms with Crippen LogP contribution in [0.4, 0.5) is 0 Å². The molecule has 1 aliphatic rings. The Morgan fingerprint density at radius 2 is 1.71 bits per heavy atom. The molecule has 1 atom stereocenters. The number of ether oxygens (including phenoxy) is 1. The average Bonchev–Trinajstić information content (AvgIpc) is 2.67. The molecule has 4 heteroatoms. The van der Waals surface area contributed by atoms with E-state index in [4.69, 9.17) is 4.74 Å². The zero-order chi connectivity index (χ0) is 16.9. The van der Waals surface area contributed by atoms with Crippen LogP contribution in [0.15, 0.2) is 54.6 Å². The van der Waals surface area contributed by atoms with Gasteiger partial charge in [0.25, 0.3) is 5.91 Å². The third-order valence-corrected chi connectivity index (χ3v) is 4.75. The van der Waals surface area contributed by atoms with Gasteiger partial charge in [-0.15, -0.1) is 0 Å². The zero-order valence-corrected chi connectivity index (χ0v) is 13.9. The lowest BCUT2D eigenvalue weighted by atomic mass is 9.87. The van der Waals surface area contributed by atoms with Crippen LogP contribution in [-0.4, -0.2) is 36.1 Å². The number of piperidine rings is 1. The van der Waals surface area contributed by atoms with Crippen LogP contribution in [0.2, 0.25) is 0 Å². The minimum atomic E-state index is -0.463. The summed E-state index contributed by atoms with van der Waals surface area (Å²) in [7, 11) is 1.58. The smallest absolute Gasteiger partial charge is 0.257 e. The Balaban J connectivity index is 1.64. The van der Waals surface area contributed by atoms with E-state index >= 15 is 0 Å². The molecular weight excluding hydrogens is 302 g/mol. The molecule has 0 bridgehead atoms. The molecule has 126 valence electrons. The summed E-state index contributed by atoms with van der Waals surface area (Å²) in [6, 6.07) is 17.1. The number of para-hydroxylation sites is 1. The first kappa shape index (κ1) is 16.5. The Morgan fingerprint density at radius 1 is 1.08 bits per heavy atom. The van der Waals surface area contributed by atoms with Crippen molar-refractivity contribution < 1.29 is 14.6 Å².